The van der Waals surface area contributed by atoms with E-state index in [9.17, 15) is 4.79 Å². The Bertz CT molecular complexity index is 499. The van der Waals surface area contributed by atoms with Crippen LogP contribution in [0.1, 0.15) is 18.1 Å². The number of aliphatic carboxylic acids is 1. The van der Waals surface area contributed by atoms with Gasteiger partial charge in [0.2, 0.25) is 0 Å². The molecule has 0 heterocycles. The number of aryl methyl sites for hydroxylation is 1. The largest absolute Gasteiger partial charge is 0.477 e. The van der Waals surface area contributed by atoms with Gasteiger partial charge in [-0.3, -0.25) is 0 Å². The molecule has 0 atom stereocenters. The lowest BCUT2D eigenvalue weighted by Crippen LogP contribution is -2.01. The van der Waals surface area contributed by atoms with Crippen LogP contribution in [-0.2, 0) is 4.79 Å². The van der Waals surface area contributed by atoms with Gasteiger partial charge in [0.15, 0.2) is 0 Å². The number of carbonyl (C=O) groups is 1. The van der Waals surface area contributed by atoms with Crippen molar-refractivity contribution in [2.75, 3.05) is 11.9 Å². The highest BCUT2D eigenvalue weighted by atomic mass is 16.4. The van der Waals surface area contributed by atoms with Crippen molar-refractivity contribution in [3.63, 3.8) is 0 Å². The first-order valence-electron chi connectivity index (χ1n) is 5.28. The molecule has 88 valence electrons. The smallest absolute Gasteiger partial charge is 0.346 e. The number of nitrogens with one attached hydrogen (secondary N) is 1. The van der Waals surface area contributed by atoms with Crippen LogP contribution in [0.15, 0.2) is 23.8 Å². The maximum Gasteiger partial charge on any atom is 0.346 e. The maximum atomic E-state index is 10.8. The second kappa shape index (κ2) is 5.71. The minimum atomic E-state index is -1.21. The average molecular weight is 230 g/mol. The number of nitriles is 1. The van der Waals surface area contributed by atoms with Crippen molar-refractivity contribution in [1.29, 1.82) is 5.26 Å². The summed E-state index contributed by atoms with van der Waals surface area (Å²) in [6, 6.07) is 7.33. The fourth-order valence-corrected chi connectivity index (χ4v) is 1.45. The summed E-state index contributed by atoms with van der Waals surface area (Å²) < 4.78 is 0. The zero-order valence-corrected chi connectivity index (χ0v) is 9.82. The molecule has 4 heteroatoms. The number of hydrogen-bond acceptors (Lipinski definition) is 3. The molecule has 4 nitrogen and oxygen atoms in total. The summed E-state index contributed by atoms with van der Waals surface area (Å²) in [4.78, 5) is 10.8. The first kappa shape index (κ1) is 12.8. The third-order valence-electron chi connectivity index (χ3n) is 2.22. The maximum absolute atomic E-state index is 10.8. The third-order valence-corrected chi connectivity index (χ3v) is 2.22. The van der Waals surface area contributed by atoms with E-state index in [0.29, 0.717) is 5.56 Å². The number of benzene rings is 1. The molecule has 0 saturated heterocycles. The van der Waals surface area contributed by atoms with Gasteiger partial charge in [-0.15, -0.1) is 0 Å². The number of anilines is 1. The van der Waals surface area contributed by atoms with Gasteiger partial charge in [0.25, 0.3) is 0 Å². The number of rotatable bonds is 4. The van der Waals surface area contributed by atoms with Crippen LogP contribution in [0, 0.1) is 18.3 Å². The van der Waals surface area contributed by atoms with E-state index in [1.54, 1.807) is 6.07 Å². The van der Waals surface area contributed by atoms with Crippen LogP contribution < -0.4 is 5.32 Å². The molecule has 0 aromatic heterocycles. The highest BCUT2D eigenvalue weighted by molar-refractivity contribution is 5.97. The Kier molecular flexibility index (Phi) is 4.29. The Morgan fingerprint density at radius 3 is 2.82 bits per heavy atom. The van der Waals surface area contributed by atoms with Gasteiger partial charge in [-0.2, -0.15) is 5.26 Å². The molecule has 0 bridgehead atoms. The van der Waals surface area contributed by atoms with Crippen LogP contribution >= 0.6 is 0 Å². The minimum absolute atomic E-state index is 0.269. The van der Waals surface area contributed by atoms with Gasteiger partial charge in [-0.1, -0.05) is 11.6 Å². The lowest BCUT2D eigenvalue weighted by molar-refractivity contribution is -0.132. The second-order valence-corrected chi connectivity index (χ2v) is 3.60. The molecule has 0 amide bonds. The molecule has 1 aromatic rings. The van der Waals surface area contributed by atoms with Crippen LogP contribution in [0.4, 0.5) is 5.69 Å². The quantitative estimate of drug-likeness (QED) is 0.615. The van der Waals surface area contributed by atoms with Crippen molar-refractivity contribution in [2.24, 2.45) is 0 Å². The highest BCUT2D eigenvalue weighted by Crippen LogP contribution is 2.20. The summed E-state index contributed by atoms with van der Waals surface area (Å²) in [7, 11) is 0. The Morgan fingerprint density at radius 2 is 2.29 bits per heavy atom. The average Bonchev–Trinajstić information content (AvgIpc) is 2.29. The van der Waals surface area contributed by atoms with Crippen molar-refractivity contribution in [3.05, 3.63) is 34.9 Å². The third kappa shape index (κ3) is 3.35. The molecule has 1 rings (SSSR count). The fourth-order valence-electron chi connectivity index (χ4n) is 1.45. The topological polar surface area (TPSA) is 73.1 Å². The zero-order valence-electron chi connectivity index (χ0n) is 9.82. The molecule has 0 aliphatic heterocycles. The van der Waals surface area contributed by atoms with Crippen LogP contribution in [0.3, 0.4) is 0 Å². The Labute approximate surface area is 100 Å². The molecule has 0 radical (unpaired) electrons. The molecule has 0 unspecified atom stereocenters. The normalized spacial score (nSPS) is 10.8. The van der Waals surface area contributed by atoms with E-state index in [2.05, 4.69) is 5.32 Å². The second-order valence-electron chi connectivity index (χ2n) is 3.60. The van der Waals surface area contributed by atoms with Crippen molar-refractivity contribution < 1.29 is 9.90 Å². The fraction of sp³-hybridized carbons (Fsp3) is 0.231. The van der Waals surface area contributed by atoms with Crippen molar-refractivity contribution in [1.82, 2.24) is 0 Å². The zero-order chi connectivity index (χ0) is 12.8. The number of nitrogens with zero attached hydrogens (tertiary/aromatic N) is 1. The predicted octanol–water partition coefficient (Wildman–Crippen LogP) is 2.42. The van der Waals surface area contributed by atoms with Crippen LogP contribution in [0.5, 0.6) is 0 Å². The van der Waals surface area contributed by atoms with E-state index < -0.39 is 5.97 Å². The minimum Gasteiger partial charge on any atom is -0.477 e. The van der Waals surface area contributed by atoms with E-state index in [4.69, 9.17) is 10.4 Å². The van der Waals surface area contributed by atoms with E-state index in [-0.39, 0.29) is 5.57 Å². The van der Waals surface area contributed by atoms with E-state index in [1.807, 2.05) is 32.0 Å². The van der Waals surface area contributed by atoms with E-state index in [0.717, 1.165) is 17.8 Å². The van der Waals surface area contributed by atoms with Crippen LogP contribution in [0.25, 0.3) is 6.08 Å². The number of hydrogen-bond donors (Lipinski definition) is 2. The van der Waals surface area contributed by atoms with Crippen LogP contribution in [0.2, 0.25) is 0 Å². The van der Waals surface area contributed by atoms with E-state index >= 15 is 0 Å². The molecular weight excluding hydrogens is 216 g/mol. The van der Waals surface area contributed by atoms with Crippen molar-refractivity contribution >= 4 is 17.7 Å². The highest BCUT2D eigenvalue weighted by Gasteiger charge is 2.08. The molecule has 0 aliphatic rings. The molecule has 0 fully saturated rings. The standard InChI is InChI=1S/C13H14N2O2/c1-3-15-12-5-4-9(2)6-10(12)7-11(8-14)13(16)17/h4-7,15H,3H2,1-2H3,(H,16,17). The molecular formula is C13H14N2O2. The lowest BCUT2D eigenvalue weighted by Gasteiger charge is -2.08. The molecule has 17 heavy (non-hydrogen) atoms. The summed E-state index contributed by atoms with van der Waals surface area (Å²) in [6.45, 7) is 4.61. The lowest BCUT2D eigenvalue weighted by atomic mass is 10.1. The predicted molar refractivity (Wildman–Crippen MR) is 66.6 cm³/mol. The SMILES string of the molecule is CCNc1ccc(C)cc1C=C(C#N)C(=O)O. The summed E-state index contributed by atoms with van der Waals surface area (Å²) in [5, 5.41) is 20.7. The van der Waals surface area contributed by atoms with Gasteiger partial charge in [-0.25, -0.2) is 4.79 Å². The first-order chi connectivity index (χ1) is 8.08. The van der Waals surface area contributed by atoms with Gasteiger partial charge in [0.05, 0.1) is 0 Å². The molecule has 0 spiro atoms. The van der Waals surface area contributed by atoms with Gasteiger partial charge in [0, 0.05) is 12.2 Å². The van der Waals surface area contributed by atoms with Crippen molar-refractivity contribution in [2.45, 2.75) is 13.8 Å². The molecule has 1 aromatic carbocycles. The first-order valence-corrected chi connectivity index (χ1v) is 5.28. The van der Waals surface area contributed by atoms with Gasteiger partial charge < -0.3 is 10.4 Å². The molecule has 2 N–H and O–H groups in total. The van der Waals surface area contributed by atoms with Gasteiger partial charge in [0.1, 0.15) is 11.6 Å². The summed E-state index contributed by atoms with van der Waals surface area (Å²) in [5.41, 5.74) is 2.29. The summed E-state index contributed by atoms with van der Waals surface area (Å²) >= 11 is 0. The summed E-state index contributed by atoms with van der Waals surface area (Å²) in [6.07, 6.45) is 1.38. The molecule has 0 aliphatic carbocycles. The Morgan fingerprint density at radius 1 is 1.59 bits per heavy atom. The van der Waals surface area contributed by atoms with Crippen LogP contribution in [-0.4, -0.2) is 17.6 Å². The Balaban J connectivity index is 3.24. The monoisotopic (exact) mass is 230 g/mol. The van der Waals surface area contributed by atoms with Crippen molar-refractivity contribution in [3.8, 4) is 6.07 Å². The summed E-state index contributed by atoms with van der Waals surface area (Å²) in [5.74, 6) is -1.21. The van der Waals surface area contributed by atoms with E-state index in [1.165, 1.54) is 6.08 Å². The number of carboxylic acids is 1. The number of carboxylic acid groups (broad SMARTS) is 1. The molecule has 0 saturated carbocycles. The Hall–Kier alpha value is -2.28. The van der Waals surface area contributed by atoms with Gasteiger partial charge in [-0.05, 0) is 37.6 Å². The van der Waals surface area contributed by atoms with Gasteiger partial charge >= 0.3 is 5.97 Å².